The summed E-state index contributed by atoms with van der Waals surface area (Å²) in [5.74, 6) is 0. The fourth-order valence-corrected chi connectivity index (χ4v) is 1.90. The van der Waals surface area contributed by atoms with E-state index in [0.29, 0.717) is 12.5 Å². The lowest BCUT2D eigenvalue weighted by Crippen LogP contribution is -2.31. The molecule has 0 aliphatic carbocycles. The molecule has 16 heavy (non-hydrogen) atoms. The van der Waals surface area contributed by atoms with E-state index in [1.165, 1.54) is 9.13 Å². The average molecular weight is 328 g/mol. The highest BCUT2D eigenvalue weighted by molar-refractivity contribution is 14.1. The van der Waals surface area contributed by atoms with Gasteiger partial charge in [-0.2, -0.15) is 5.26 Å². The summed E-state index contributed by atoms with van der Waals surface area (Å²) in [4.78, 5) is 2.32. The number of rotatable bonds is 5. The van der Waals surface area contributed by atoms with Gasteiger partial charge in [-0.15, -0.1) is 0 Å². The Hall–Kier alpha value is -0.600. The smallest absolute Gasteiger partial charge is 0.0635 e. The highest BCUT2D eigenvalue weighted by atomic mass is 127. The third-order valence-corrected chi connectivity index (χ3v) is 3.26. The Balaban J connectivity index is 2.61. The topological polar surface area (TPSA) is 27.0 Å². The normalized spacial score (nSPS) is 10.8. The Morgan fingerprint density at radius 2 is 1.94 bits per heavy atom. The highest BCUT2D eigenvalue weighted by Crippen LogP contribution is 2.11. The van der Waals surface area contributed by atoms with Gasteiger partial charge in [0, 0.05) is 29.1 Å². The first-order valence-corrected chi connectivity index (χ1v) is 6.57. The minimum Gasteiger partial charge on any atom is -0.296 e. The minimum atomic E-state index is 0.479. The van der Waals surface area contributed by atoms with Crippen LogP contribution in [0.25, 0.3) is 0 Å². The average Bonchev–Trinajstić information content (AvgIpc) is 2.26. The largest absolute Gasteiger partial charge is 0.296 e. The molecule has 1 aromatic rings. The van der Waals surface area contributed by atoms with Crippen molar-refractivity contribution in [2.45, 2.75) is 32.9 Å². The molecule has 3 heteroatoms. The zero-order valence-corrected chi connectivity index (χ0v) is 11.9. The zero-order chi connectivity index (χ0) is 12.0. The maximum absolute atomic E-state index is 8.62. The van der Waals surface area contributed by atoms with Crippen LogP contribution in [0.2, 0.25) is 0 Å². The molecule has 0 saturated carbocycles. The third-order valence-electron chi connectivity index (χ3n) is 2.54. The fourth-order valence-electron chi connectivity index (χ4n) is 1.54. The lowest BCUT2D eigenvalue weighted by atomic mass is 10.2. The van der Waals surface area contributed by atoms with Crippen molar-refractivity contribution >= 4 is 22.6 Å². The standard InChI is InChI=1S/C13H17IN2/c1-11(2)16(9-3-8-15)10-12-4-6-13(14)7-5-12/h4-7,11H,3,9-10H2,1-2H3. The molecule has 1 aromatic carbocycles. The molecule has 0 spiro atoms. The molecule has 0 bridgehead atoms. The quantitative estimate of drug-likeness (QED) is 0.775. The monoisotopic (exact) mass is 328 g/mol. The summed E-state index contributed by atoms with van der Waals surface area (Å²) < 4.78 is 1.26. The Labute approximate surface area is 111 Å². The predicted octanol–water partition coefficient (Wildman–Crippen LogP) is 3.42. The number of benzene rings is 1. The molecule has 0 amide bonds. The molecular weight excluding hydrogens is 311 g/mol. The van der Waals surface area contributed by atoms with Crippen LogP contribution in [0.3, 0.4) is 0 Å². The van der Waals surface area contributed by atoms with E-state index in [1.807, 2.05) is 0 Å². The van der Waals surface area contributed by atoms with E-state index in [-0.39, 0.29) is 0 Å². The predicted molar refractivity (Wildman–Crippen MR) is 74.9 cm³/mol. The molecule has 86 valence electrons. The molecule has 0 radical (unpaired) electrons. The van der Waals surface area contributed by atoms with Gasteiger partial charge in [-0.05, 0) is 54.1 Å². The SMILES string of the molecule is CC(C)N(CCC#N)Cc1ccc(I)cc1. The summed E-state index contributed by atoms with van der Waals surface area (Å²) in [6.07, 6.45) is 0.600. The first kappa shape index (κ1) is 13.5. The van der Waals surface area contributed by atoms with Gasteiger partial charge in [-0.3, -0.25) is 4.90 Å². The van der Waals surface area contributed by atoms with Crippen LogP contribution in [0, 0.1) is 14.9 Å². The van der Waals surface area contributed by atoms with E-state index in [1.54, 1.807) is 0 Å². The number of hydrogen-bond acceptors (Lipinski definition) is 2. The Morgan fingerprint density at radius 1 is 1.31 bits per heavy atom. The van der Waals surface area contributed by atoms with Gasteiger partial charge in [0.25, 0.3) is 0 Å². The maximum atomic E-state index is 8.62. The van der Waals surface area contributed by atoms with Crippen molar-refractivity contribution in [3.05, 3.63) is 33.4 Å². The Morgan fingerprint density at radius 3 is 2.44 bits per heavy atom. The van der Waals surface area contributed by atoms with Crippen molar-refractivity contribution in [3.8, 4) is 6.07 Å². The van der Waals surface area contributed by atoms with Gasteiger partial charge in [0.05, 0.1) is 6.07 Å². The lowest BCUT2D eigenvalue weighted by Gasteiger charge is -2.25. The Kier molecular flexibility index (Phi) is 5.78. The third kappa shape index (κ3) is 4.50. The summed E-state index contributed by atoms with van der Waals surface area (Å²) in [5, 5.41) is 8.62. The van der Waals surface area contributed by atoms with Crippen LogP contribution >= 0.6 is 22.6 Å². The number of nitrogens with zero attached hydrogens (tertiary/aromatic N) is 2. The summed E-state index contributed by atoms with van der Waals surface area (Å²) in [5.41, 5.74) is 1.31. The van der Waals surface area contributed by atoms with Gasteiger partial charge in [-0.25, -0.2) is 0 Å². The molecule has 0 heterocycles. The molecule has 1 rings (SSSR count). The minimum absolute atomic E-state index is 0.479. The van der Waals surface area contributed by atoms with Crippen LogP contribution in [-0.4, -0.2) is 17.5 Å². The molecule has 0 aliphatic heterocycles. The van der Waals surface area contributed by atoms with Gasteiger partial charge < -0.3 is 0 Å². The molecule has 0 aliphatic rings. The van der Waals surface area contributed by atoms with E-state index in [0.717, 1.165) is 13.1 Å². The lowest BCUT2D eigenvalue weighted by molar-refractivity contribution is 0.218. The summed E-state index contributed by atoms with van der Waals surface area (Å²) >= 11 is 2.31. The molecule has 0 fully saturated rings. The molecule has 0 unspecified atom stereocenters. The van der Waals surface area contributed by atoms with Crippen molar-refractivity contribution in [3.63, 3.8) is 0 Å². The van der Waals surface area contributed by atoms with Gasteiger partial charge in [0.1, 0.15) is 0 Å². The number of nitriles is 1. The highest BCUT2D eigenvalue weighted by Gasteiger charge is 2.09. The maximum Gasteiger partial charge on any atom is 0.0635 e. The van der Waals surface area contributed by atoms with Crippen LogP contribution in [0.15, 0.2) is 24.3 Å². The summed E-state index contributed by atoms with van der Waals surface area (Å²) in [7, 11) is 0. The van der Waals surface area contributed by atoms with E-state index < -0.39 is 0 Å². The molecule has 0 aromatic heterocycles. The van der Waals surface area contributed by atoms with Gasteiger partial charge in [-0.1, -0.05) is 12.1 Å². The molecule has 2 nitrogen and oxygen atoms in total. The van der Waals surface area contributed by atoms with Gasteiger partial charge >= 0.3 is 0 Å². The van der Waals surface area contributed by atoms with Crippen molar-refractivity contribution in [1.29, 1.82) is 5.26 Å². The van der Waals surface area contributed by atoms with E-state index in [4.69, 9.17) is 5.26 Å². The van der Waals surface area contributed by atoms with Crippen molar-refractivity contribution in [2.24, 2.45) is 0 Å². The van der Waals surface area contributed by atoms with Gasteiger partial charge in [0.15, 0.2) is 0 Å². The molecule has 0 atom stereocenters. The van der Waals surface area contributed by atoms with E-state index in [2.05, 4.69) is 71.7 Å². The van der Waals surface area contributed by atoms with Crippen LogP contribution in [-0.2, 0) is 6.54 Å². The van der Waals surface area contributed by atoms with E-state index >= 15 is 0 Å². The number of hydrogen-bond donors (Lipinski definition) is 0. The fraction of sp³-hybridized carbons (Fsp3) is 0.462. The molecular formula is C13H17IN2. The van der Waals surface area contributed by atoms with Gasteiger partial charge in [0.2, 0.25) is 0 Å². The van der Waals surface area contributed by atoms with Crippen molar-refractivity contribution in [2.75, 3.05) is 6.54 Å². The van der Waals surface area contributed by atoms with Crippen LogP contribution in [0.4, 0.5) is 0 Å². The van der Waals surface area contributed by atoms with Crippen LogP contribution < -0.4 is 0 Å². The second-order valence-corrected chi connectivity index (χ2v) is 5.34. The van der Waals surface area contributed by atoms with Crippen molar-refractivity contribution in [1.82, 2.24) is 4.90 Å². The summed E-state index contributed by atoms with van der Waals surface area (Å²) in [6, 6.07) is 11.2. The second kappa shape index (κ2) is 6.87. The Bertz CT molecular complexity index is 351. The van der Waals surface area contributed by atoms with Crippen LogP contribution in [0.5, 0.6) is 0 Å². The molecule has 0 N–H and O–H groups in total. The zero-order valence-electron chi connectivity index (χ0n) is 9.78. The first-order valence-electron chi connectivity index (χ1n) is 5.49. The molecule has 0 saturated heterocycles. The first-order chi connectivity index (χ1) is 7.63. The number of halogens is 1. The summed E-state index contributed by atoms with van der Waals surface area (Å²) in [6.45, 7) is 6.12. The second-order valence-electron chi connectivity index (χ2n) is 4.10. The van der Waals surface area contributed by atoms with Crippen molar-refractivity contribution < 1.29 is 0 Å². The van der Waals surface area contributed by atoms with Crippen LogP contribution in [0.1, 0.15) is 25.8 Å². The van der Waals surface area contributed by atoms with E-state index in [9.17, 15) is 0 Å².